The molecule has 1 amide bonds. The predicted molar refractivity (Wildman–Crippen MR) is 83.1 cm³/mol. The minimum atomic E-state index is -0.0331. The van der Waals surface area contributed by atoms with Crippen LogP contribution in [0.5, 0.6) is 5.75 Å². The van der Waals surface area contributed by atoms with Crippen molar-refractivity contribution in [2.24, 2.45) is 5.73 Å². The molecule has 2 saturated heterocycles. The van der Waals surface area contributed by atoms with Gasteiger partial charge >= 0.3 is 0 Å². The van der Waals surface area contributed by atoms with E-state index in [0.29, 0.717) is 23.0 Å². The molecule has 2 aliphatic heterocycles. The van der Waals surface area contributed by atoms with Crippen LogP contribution >= 0.6 is 23.2 Å². The molecule has 2 aliphatic rings. The summed E-state index contributed by atoms with van der Waals surface area (Å²) in [5, 5.41) is 1.04. The van der Waals surface area contributed by atoms with Gasteiger partial charge in [-0.25, -0.2) is 0 Å². The Morgan fingerprint density at radius 1 is 1.33 bits per heavy atom. The molecule has 2 fully saturated rings. The van der Waals surface area contributed by atoms with Gasteiger partial charge in [0.05, 0.1) is 17.2 Å². The van der Waals surface area contributed by atoms with E-state index in [0.717, 1.165) is 24.2 Å². The molecule has 6 heteroatoms. The minimum absolute atomic E-state index is 0.0331. The SMILES string of the molecule is COc1ccc(Cl)c(Cl)c1[C@H]1C[C@H]2CC(N)CC(=O)N2C1. The normalized spacial score (nSPS) is 28.7. The lowest BCUT2D eigenvalue weighted by atomic mass is 9.92. The number of nitrogens with zero attached hydrogens (tertiary/aromatic N) is 1. The molecule has 0 aliphatic carbocycles. The Bertz CT molecular complexity index is 579. The number of benzene rings is 1. The zero-order valence-corrected chi connectivity index (χ0v) is 13.3. The number of carbonyl (C=O) groups excluding carboxylic acids is 1. The van der Waals surface area contributed by atoms with E-state index < -0.39 is 0 Å². The van der Waals surface area contributed by atoms with E-state index in [1.165, 1.54) is 0 Å². The first kappa shape index (κ1) is 14.9. The van der Waals surface area contributed by atoms with Gasteiger partial charge in [0.2, 0.25) is 5.91 Å². The molecule has 0 radical (unpaired) electrons. The highest BCUT2D eigenvalue weighted by Crippen LogP contribution is 2.44. The average Bonchev–Trinajstić information content (AvgIpc) is 2.85. The Balaban J connectivity index is 1.93. The second-order valence-electron chi connectivity index (χ2n) is 5.81. The van der Waals surface area contributed by atoms with Crippen molar-refractivity contribution >= 4 is 29.1 Å². The number of hydrogen-bond donors (Lipinski definition) is 1. The molecule has 2 heterocycles. The third-order valence-corrected chi connectivity index (χ3v) is 5.29. The first-order valence-electron chi connectivity index (χ1n) is 7.08. The number of piperidine rings is 1. The summed E-state index contributed by atoms with van der Waals surface area (Å²) in [6.45, 7) is 0.659. The van der Waals surface area contributed by atoms with E-state index >= 15 is 0 Å². The zero-order valence-electron chi connectivity index (χ0n) is 11.8. The van der Waals surface area contributed by atoms with Crippen LogP contribution in [-0.2, 0) is 4.79 Å². The van der Waals surface area contributed by atoms with Crippen LogP contribution in [0, 0.1) is 0 Å². The highest BCUT2D eigenvalue weighted by atomic mass is 35.5. The molecule has 0 aromatic heterocycles. The first-order valence-corrected chi connectivity index (χ1v) is 7.83. The molecule has 0 bridgehead atoms. The lowest BCUT2D eigenvalue weighted by Crippen LogP contribution is -2.47. The summed E-state index contributed by atoms with van der Waals surface area (Å²) in [5.41, 5.74) is 6.86. The fourth-order valence-electron chi connectivity index (χ4n) is 3.54. The van der Waals surface area contributed by atoms with Crippen molar-refractivity contribution in [3.05, 3.63) is 27.7 Å². The van der Waals surface area contributed by atoms with Gasteiger partial charge in [-0.05, 0) is 25.0 Å². The van der Waals surface area contributed by atoms with Crippen LogP contribution in [0.25, 0.3) is 0 Å². The highest BCUT2D eigenvalue weighted by Gasteiger charge is 2.41. The minimum Gasteiger partial charge on any atom is -0.496 e. The lowest BCUT2D eigenvalue weighted by Gasteiger charge is -2.32. The monoisotopic (exact) mass is 328 g/mol. The second kappa shape index (κ2) is 5.67. The van der Waals surface area contributed by atoms with Gasteiger partial charge in [0.15, 0.2) is 0 Å². The molecule has 3 rings (SSSR count). The van der Waals surface area contributed by atoms with Crippen molar-refractivity contribution in [1.29, 1.82) is 0 Å². The number of fused-ring (bicyclic) bond motifs is 1. The molecule has 21 heavy (non-hydrogen) atoms. The number of ether oxygens (including phenoxy) is 1. The number of halogens is 2. The summed E-state index contributed by atoms with van der Waals surface area (Å²) < 4.78 is 5.42. The number of nitrogens with two attached hydrogens (primary N) is 1. The Morgan fingerprint density at radius 2 is 2.10 bits per heavy atom. The largest absolute Gasteiger partial charge is 0.496 e. The van der Waals surface area contributed by atoms with Crippen molar-refractivity contribution in [2.45, 2.75) is 37.3 Å². The van der Waals surface area contributed by atoms with Gasteiger partial charge in [-0.2, -0.15) is 0 Å². The van der Waals surface area contributed by atoms with Gasteiger partial charge in [0, 0.05) is 36.5 Å². The van der Waals surface area contributed by atoms with E-state index in [-0.39, 0.29) is 23.9 Å². The molecule has 1 aromatic carbocycles. The van der Waals surface area contributed by atoms with Crippen molar-refractivity contribution in [3.8, 4) is 5.75 Å². The maximum Gasteiger partial charge on any atom is 0.224 e. The number of carbonyl (C=O) groups is 1. The summed E-state index contributed by atoms with van der Waals surface area (Å²) in [7, 11) is 1.62. The molecule has 114 valence electrons. The number of rotatable bonds is 2. The summed E-state index contributed by atoms with van der Waals surface area (Å²) in [5.74, 6) is 1.01. The topological polar surface area (TPSA) is 55.6 Å². The standard InChI is InChI=1S/C15H18Cl2N2O2/c1-21-12-3-2-11(16)15(17)14(12)8-4-10-5-9(18)6-13(20)19(10)7-8/h2-3,8-10H,4-7,18H2,1H3/t8-,9?,10-/m0/s1. The van der Waals surface area contributed by atoms with Gasteiger partial charge in [0.25, 0.3) is 0 Å². The van der Waals surface area contributed by atoms with Crippen LogP contribution in [0.15, 0.2) is 12.1 Å². The first-order chi connectivity index (χ1) is 10.0. The Labute approximate surface area is 134 Å². The highest BCUT2D eigenvalue weighted by molar-refractivity contribution is 6.42. The van der Waals surface area contributed by atoms with E-state index in [4.69, 9.17) is 33.7 Å². The van der Waals surface area contributed by atoms with E-state index in [9.17, 15) is 4.79 Å². The molecule has 0 spiro atoms. The van der Waals surface area contributed by atoms with Crippen molar-refractivity contribution in [1.82, 2.24) is 4.90 Å². The third-order valence-electron chi connectivity index (χ3n) is 4.47. The lowest BCUT2D eigenvalue weighted by molar-refractivity contribution is -0.135. The van der Waals surface area contributed by atoms with Gasteiger partial charge in [0.1, 0.15) is 5.75 Å². The summed E-state index contributed by atoms with van der Waals surface area (Å²) >= 11 is 12.5. The summed E-state index contributed by atoms with van der Waals surface area (Å²) in [4.78, 5) is 14.1. The fourth-order valence-corrected chi connectivity index (χ4v) is 4.01. The molecule has 2 N–H and O–H groups in total. The number of hydrogen-bond acceptors (Lipinski definition) is 3. The van der Waals surface area contributed by atoms with Gasteiger partial charge < -0.3 is 15.4 Å². The van der Waals surface area contributed by atoms with Gasteiger partial charge in [-0.3, -0.25) is 4.79 Å². The van der Waals surface area contributed by atoms with Crippen LogP contribution in [0.3, 0.4) is 0 Å². The Kier molecular flexibility index (Phi) is 4.04. The quantitative estimate of drug-likeness (QED) is 0.908. The van der Waals surface area contributed by atoms with Crippen molar-refractivity contribution < 1.29 is 9.53 Å². The van der Waals surface area contributed by atoms with Gasteiger partial charge in [-0.15, -0.1) is 0 Å². The zero-order chi connectivity index (χ0) is 15.1. The Hall–Kier alpha value is -0.970. The average molecular weight is 329 g/mol. The molecular formula is C15H18Cl2N2O2. The summed E-state index contributed by atoms with van der Waals surface area (Å²) in [6, 6.07) is 3.73. The van der Waals surface area contributed by atoms with E-state index in [1.807, 2.05) is 11.0 Å². The molecule has 1 aromatic rings. The number of amides is 1. The van der Waals surface area contributed by atoms with Crippen LogP contribution in [0.4, 0.5) is 0 Å². The maximum absolute atomic E-state index is 12.1. The fraction of sp³-hybridized carbons (Fsp3) is 0.533. The van der Waals surface area contributed by atoms with Crippen LogP contribution in [0.1, 0.15) is 30.7 Å². The van der Waals surface area contributed by atoms with Crippen molar-refractivity contribution in [2.75, 3.05) is 13.7 Å². The molecule has 0 saturated carbocycles. The smallest absolute Gasteiger partial charge is 0.224 e. The maximum atomic E-state index is 12.1. The predicted octanol–water partition coefficient (Wildman–Crippen LogP) is 2.81. The second-order valence-corrected chi connectivity index (χ2v) is 6.59. The molecular weight excluding hydrogens is 311 g/mol. The van der Waals surface area contributed by atoms with Gasteiger partial charge in [-0.1, -0.05) is 23.2 Å². The van der Waals surface area contributed by atoms with Crippen molar-refractivity contribution in [3.63, 3.8) is 0 Å². The summed E-state index contributed by atoms with van der Waals surface area (Å²) in [6.07, 6.45) is 2.14. The van der Waals surface area contributed by atoms with Crippen LogP contribution in [-0.4, -0.2) is 36.5 Å². The van der Waals surface area contributed by atoms with Crippen LogP contribution in [0.2, 0.25) is 10.0 Å². The molecule has 4 nitrogen and oxygen atoms in total. The van der Waals surface area contributed by atoms with Crippen LogP contribution < -0.4 is 10.5 Å². The molecule has 1 unspecified atom stereocenters. The number of methoxy groups -OCH3 is 1. The Morgan fingerprint density at radius 3 is 2.81 bits per heavy atom. The van der Waals surface area contributed by atoms with E-state index in [2.05, 4.69) is 0 Å². The van der Waals surface area contributed by atoms with E-state index in [1.54, 1.807) is 13.2 Å². The molecule has 3 atom stereocenters. The third kappa shape index (κ3) is 2.60.